The maximum Gasteiger partial charge on any atom is 0.161 e. The lowest BCUT2D eigenvalue weighted by atomic mass is 10.1. The number of nitrogens with zero attached hydrogens (tertiary/aromatic N) is 2. The van der Waals surface area contributed by atoms with Crippen LogP contribution in [-0.2, 0) is 0 Å². The normalized spacial score (nSPS) is 17.4. The van der Waals surface area contributed by atoms with Crippen LogP contribution in [0.3, 0.4) is 0 Å². The van der Waals surface area contributed by atoms with Crippen LogP contribution in [0.4, 0.5) is 5.69 Å². The summed E-state index contributed by atoms with van der Waals surface area (Å²) in [5, 5.41) is 4.38. The molecule has 0 saturated heterocycles. The van der Waals surface area contributed by atoms with Gasteiger partial charge in [0.2, 0.25) is 0 Å². The highest BCUT2D eigenvalue weighted by Gasteiger charge is 2.30. The van der Waals surface area contributed by atoms with Crippen LogP contribution >= 0.6 is 0 Å². The molecule has 1 aliphatic heterocycles. The molecule has 132 valence electrons. The molecule has 2 aromatic rings. The lowest BCUT2D eigenvalue weighted by molar-refractivity contribution is 0.304. The maximum atomic E-state index is 5.45. The summed E-state index contributed by atoms with van der Waals surface area (Å²) in [6.07, 6.45) is 2.24. The van der Waals surface area contributed by atoms with Crippen molar-refractivity contribution in [1.29, 1.82) is 0 Å². The van der Waals surface area contributed by atoms with E-state index < -0.39 is 0 Å². The molecule has 0 bridgehead atoms. The molecule has 0 aliphatic carbocycles. The van der Waals surface area contributed by atoms with E-state index in [1.54, 1.807) is 21.3 Å². The highest BCUT2D eigenvalue weighted by Crippen LogP contribution is 2.39. The zero-order valence-electron chi connectivity index (χ0n) is 15.3. The van der Waals surface area contributed by atoms with Crippen molar-refractivity contribution in [3.8, 4) is 17.2 Å². The number of ether oxygens (including phenoxy) is 3. The molecule has 0 radical (unpaired) electrons. The largest absolute Gasteiger partial charge is 0.497 e. The summed E-state index contributed by atoms with van der Waals surface area (Å²) in [5.41, 5.74) is 3.37. The number of methoxy groups -OCH3 is 3. The van der Waals surface area contributed by atoms with Gasteiger partial charge in [0.25, 0.3) is 0 Å². The molecule has 1 unspecified atom stereocenters. The first kappa shape index (κ1) is 17.2. The van der Waals surface area contributed by atoms with Gasteiger partial charge in [-0.1, -0.05) is 12.1 Å². The second kappa shape index (κ2) is 7.07. The number of hydrogen-bond acceptors (Lipinski definition) is 5. The zero-order valence-corrected chi connectivity index (χ0v) is 15.3. The topological polar surface area (TPSA) is 34.2 Å². The lowest BCUT2D eigenvalue weighted by Crippen LogP contribution is -2.35. The van der Waals surface area contributed by atoms with Crippen LogP contribution in [0.25, 0.3) is 0 Å². The molecule has 1 heterocycles. The summed E-state index contributed by atoms with van der Waals surface area (Å²) in [6, 6.07) is 14.2. The number of rotatable bonds is 5. The van der Waals surface area contributed by atoms with E-state index in [1.165, 1.54) is 0 Å². The molecule has 0 fully saturated rings. The number of anilines is 1. The molecular formula is C20H24N2O3. The van der Waals surface area contributed by atoms with Crippen molar-refractivity contribution in [2.24, 2.45) is 0 Å². The highest BCUT2D eigenvalue weighted by atomic mass is 16.5. The van der Waals surface area contributed by atoms with E-state index in [0.717, 1.165) is 34.2 Å². The summed E-state index contributed by atoms with van der Waals surface area (Å²) in [5.74, 6) is 2.31. The van der Waals surface area contributed by atoms with E-state index in [9.17, 15) is 0 Å². The highest BCUT2D eigenvalue weighted by molar-refractivity contribution is 5.57. The molecule has 5 nitrogen and oxygen atoms in total. The number of likely N-dealkylation sites (N-methyl/N-ethyl adjacent to an activating group) is 1. The second-order valence-electron chi connectivity index (χ2n) is 5.95. The first-order valence-electron chi connectivity index (χ1n) is 8.16. The first-order chi connectivity index (χ1) is 12.1. The molecule has 25 heavy (non-hydrogen) atoms. The van der Waals surface area contributed by atoms with Gasteiger partial charge in [-0.25, -0.2) is 5.01 Å². The van der Waals surface area contributed by atoms with Crippen molar-refractivity contribution in [3.05, 3.63) is 59.8 Å². The Morgan fingerprint density at radius 3 is 2.32 bits per heavy atom. The van der Waals surface area contributed by atoms with Gasteiger partial charge in [0.1, 0.15) is 5.75 Å². The number of hydrazine groups is 1. The lowest BCUT2D eigenvalue weighted by Gasteiger charge is -2.32. The fraction of sp³-hybridized carbons (Fsp3) is 0.300. The molecule has 0 amide bonds. The van der Waals surface area contributed by atoms with Crippen LogP contribution in [0.15, 0.2) is 54.2 Å². The minimum atomic E-state index is 0.117. The van der Waals surface area contributed by atoms with Crippen LogP contribution in [0.1, 0.15) is 18.5 Å². The van der Waals surface area contributed by atoms with Crippen LogP contribution in [-0.4, -0.2) is 33.4 Å². The second-order valence-corrected chi connectivity index (χ2v) is 5.95. The van der Waals surface area contributed by atoms with Crippen molar-refractivity contribution in [1.82, 2.24) is 5.01 Å². The van der Waals surface area contributed by atoms with Gasteiger partial charge in [0, 0.05) is 18.8 Å². The fourth-order valence-corrected chi connectivity index (χ4v) is 3.26. The van der Waals surface area contributed by atoms with E-state index in [1.807, 2.05) is 30.3 Å². The third kappa shape index (κ3) is 3.15. The molecule has 5 heteroatoms. The molecule has 0 N–H and O–H groups in total. The minimum absolute atomic E-state index is 0.117. The van der Waals surface area contributed by atoms with Gasteiger partial charge in [-0.05, 0) is 42.8 Å². The summed E-state index contributed by atoms with van der Waals surface area (Å²) in [4.78, 5) is 0. The molecular weight excluding hydrogens is 316 g/mol. The van der Waals surface area contributed by atoms with Gasteiger partial charge in [0.05, 0.1) is 33.1 Å². The van der Waals surface area contributed by atoms with Crippen molar-refractivity contribution in [3.63, 3.8) is 0 Å². The summed E-state index contributed by atoms with van der Waals surface area (Å²) >= 11 is 0. The Kier molecular flexibility index (Phi) is 4.86. The summed E-state index contributed by atoms with van der Waals surface area (Å²) < 4.78 is 16.1. The summed E-state index contributed by atoms with van der Waals surface area (Å²) in [6.45, 7) is 2.11. The molecule has 3 rings (SSSR count). The standard InChI is InChI=1S/C20H24N2O3/c1-14-11-18(15-9-10-19(24-4)20(12-15)25-5)21(2)22(14)16-7-6-8-17(13-16)23-3/h6-13,18H,1-5H3. The van der Waals surface area contributed by atoms with Gasteiger partial charge in [-0.2, -0.15) is 0 Å². The Labute approximate surface area is 149 Å². The zero-order chi connectivity index (χ0) is 18.0. The molecule has 1 atom stereocenters. The van der Waals surface area contributed by atoms with E-state index in [2.05, 4.69) is 42.2 Å². The molecule has 0 aromatic heterocycles. The smallest absolute Gasteiger partial charge is 0.161 e. The van der Waals surface area contributed by atoms with Gasteiger partial charge >= 0.3 is 0 Å². The van der Waals surface area contributed by atoms with Crippen molar-refractivity contribution in [2.75, 3.05) is 33.4 Å². The van der Waals surface area contributed by atoms with Gasteiger partial charge in [0.15, 0.2) is 11.5 Å². The van der Waals surface area contributed by atoms with Crippen molar-refractivity contribution < 1.29 is 14.2 Å². The van der Waals surface area contributed by atoms with Gasteiger partial charge < -0.3 is 14.2 Å². The average Bonchev–Trinajstić information content (AvgIpc) is 2.95. The van der Waals surface area contributed by atoms with E-state index >= 15 is 0 Å². The van der Waals surface area contributed by atoms with Gasteiger partial charge in [-0.15, -0.1) is 0 Å². The minimum Gasteiger partial charge on any atom is -0.497 e. The van der Waals surface area contributed by atoms with E-state index in [4.69, 9.17) is 14.2 Å². The Hall–Kier alpha value is -2.66. The van der Waals surface area contributed by atoms with Crippen molar-refractivity contribution >= 4 is 5.69 Å². The Bertz CT molecular complexity index is 788. The monoisotopic (exact) mass is 340 g/mol. The number of benzene rings is 2. The van der Waals surface area contributed by atoms with E-state index in [-0.39, 0.29) is 6.04 Å². The fourth-order valence-electron chi connectivity index (χ4n) is 3.26. The predicted molar refractivity (Wildman–Crippen MR) is 99.3 cm³/mol. The predicted octanol–water partition coefficient (Wildman–Crippen LogP) is 4.02. The number of hydrogen-bond donors (Lipinski definition) is 0. The van der Waals surface area contributed by atoms with E-state index in [0.29, 0.717) is 0 Å². The number of allylic oxidation sites excluding steroid dienone is 1. The third-order valence-electron chi connectivity index (χ3n) is 4.50. The molecule has 0 spiro atoms. The Balaban J connectivity index is 1.93. The Morgan fingerprint density at radius 1 is 0.880 bits per heavy atom. The average molecular weight is 340 g/mol. The van der Waals surface area contributed by atoms with Crippen LogP contribution < -0.4 is 19.2 Å². The third-order valence-corrected chi connectivity index (χ3v) is 4.50. The SMILES string of the molecule is COc1cccc(N2C(C)=CC(c3ccc(OC)c(OC)c3)N2C)c1. The van der Waals surface area contributed by atoms with Crippen LogP contribution in [0.5, 0.6) is 17.2 Å². The molecule has 0 saturated carbocycles. The van der Waals surface area contributed by atoms with Crippen molar-refractivity contribution in [2.45, 2.75) is 13.0 Å². The first-order valence-corrected chi connectivity index (χ1v) is 8.16. The Morgan fingerprint density at radius 2 is 1.64 bits per heavy atom. The molecule has 1 aliphatic rings. The maximum absolute atomic E-state index is 5.45. The van der Waals surface area contributed by atoms with Crippen LogP contribution in [0, 0.1) is 0 Å². The quantitative estimate of drug-likeness (QED) is 0.821. The van der Waals surface area contributed by atoms with Crippen LogP contribution in [0.2, 0.25) is 0 Å². The van der Waals surface area contributed by atoms with Gasteiger partial charge in [-0.3, -0.25) is 5.01 Å². The summed E-state index contributed by atoms with van der Waals surface area (Å²) in [7, 11) is 7.06. The molecule has 2 aromatic carbocycles.